The minimum atomic E-state index is 0.126. The maximum absolute atomic E-state index is 12.4. The topological polar surface area (TPSA) is 49.6 Å². The van der Waals surface area contributed by atoms with Gasteiger partial charge in [0.15, 0.2) is 0 Å². The van der Waals surface area contributed by atoms with E-state index in [0.717, 1.165) is 25.1 Å². The van der Waals surface area contributed by atoms with Crippen molar-refractivity contribution in [2.45, 2.75) is 31.8 Å². The normalized spacial score (nSPS) is 23.4. The molecule has 2 fully saturated rings. The number of nitrogens with zero attached hydrogens (tertiary/aromatic N) is 2. The highest BCUT2D eigenvalue weighted by Gasteiger charge is 2.24. The number of benzene rings is 1. The van der Waals surface area contributed by atoms with Crippen molar-refractivity contribution in [3.8, 4) is 0 Å². The van der Waals surface area contributed by atoms with Crippen LogP contribution in [0.15, 0.2) is 24.3 Å². The molecular weight excluding hydrogens is 250 g/mol. The molecule has 0 spiro atoms. The zero-order chi connectivity index (χ0) is 13.9. The molecule has 2 heterocycles. The van der Waals surface area contributed by atoms with Crippen molar-refractivity contribution in [3.63, 3.8) is 0 Å². The van der Waals surface area contributed by atoms with Crippen molar-refractivity contribution in [1.82, 2.24) is 9.80 Å². The fourth-order valence-electron chi connectivity index (χ4n) is 3.16. The summed E-state index contributed by atoms with van der Waals surface area (Å²) in [6.45, 7) is 4.80. The summed E-state index contributed by atoms with van der Waals surface area (Å²) in [5.74, 6) is 0.126. The van der Waals surface area contributed by atoms with Crippen LogP contribution in [0.5, 0.6) is 0 Å². The monoisotopic (exact) mass is 273 g/mol. The van der Waals surface area contributed by atoms with Crippen molar-refractivity contribution in [2.75, 3.05) is 26.2 Å². The number of amides is 1. The Labute approximate surface area is 120 Å². The van der Waals surface area contributed by atoms with E-state index in [1.807, 2.05) is 23.1 Å². The Bertz CT molecular complexity index is 482. The van der Waals surface area contributed by atoms with Crippen molar-refractivity contribution < 1.29 is 4.79 Å². The summed E-state index contributed by atoms with van der Waals surface area (Å²) < 4.78 is 0. The van der Waals surface area contributed by atoms with Gasteiger partial charge in [0.2, 0.25) is 0 Å². The first kappa shape index (κ1) is 13.6. The van der Waals surface area contributed by atoms with Crippen LogP contribution in [0.25, 0.3) is 0 Å². The predicted molar refractivity (Wildman–Crippen MR) is 79.4 cm³/mol. The summed E-state index contributed by atoms with van der Waals surface area (Å²) in [5.41, 5.74) is 7.92. The van der Waals surface area contributed by atoms with Gasteiger partial charge in [0, 0.05) is 31.2 Å². The second-order valence-corrected chi connectivity index (χ2v) is 5.98. The molecule has 1 aromatic carbocycles. The molecule has 1 unspecified atom stereocenters. The highest BCUT2D eigenvalue weighted by Crippen LogP contribution is 2.16. The van der Waals surface area contributed by atoms with Crippen LogP contribution < -0.4 is 5.73 Å². The molecule has 0 bridgehead atoms. The van der Waals surface area contributed by atoms with E-state index in [0.29, 0.717) is 6.54 Å². The molecule has 2 saturated heterocycles. The minimum absolute atomic E-state index is 0.126. The molecule has 0 aliphatic carbocycles. The van der Waals surface area contributed by atoms with Crippen molar-refractivity contribution in [3.05, 3.63) is 35.4 Å². The lowest BCUT2D eigenvalue weighted by molar-refractivity contribution is 0.0790. The van der Waals surface area contributed by atoms with Crippen LogP contribution in [0.3, 0.4) is 0 Å². The smallest absolute Gasteiger partial charge is 0.253 e. The second-order valence-electron chi connectivity index (χ2n) is 5.98. The molecular formula is C16H23N3O. The fourth-order valence-corrected chi connectivity index (χ4v) is 3.16. The number of rotatable bonds is 3. The van der Waals surface area contributed by atoms with Gasteiger partial charge in [-0.3, -0.25) is 9.69 Å². The number of nitrogens with two attached hydrogens (primary N) is 1. The Hall–Kier alpha value is -1.39. The van der Waals surface area contributed by atoms with E-state index in [1.165, 1.54) is 31.5 Å². The summed E-state index contributed by atoms with van der Waals surface area (Å²) >= 11 is 0. The number of carbonyl (C=O) groups is 1. The average molecular weight is 273 g/mol. The average Bonchev–Trinajstić information content (AvgIpc) is 3.10. The predicted octanol–water partition coefficient (Wildman–Crippen LogP) is 1.46. The molecule has 2 aliphatic rings. The lowest BCUT2D eigenvalue weighted by Gasteiger charge is -2.18. The SMILES string of the molecule is NC1CCN(C(=O)c2cccc(CN3CCCC3)c2)C1. The molecule has 108 valence electrons. The van der Waals surface area contributed by atoms with E-state index in [-0.39, 0.29) is 11.9 Å². The molecule has 1 amide bonds. The third-order valence-corrected chi connectivity index (χ3v) is 4.29. The number of carbonyl (C=O) groups excluding carboxylic acids is 1. The van der Waals surface area contributed by atoms with Gasteiger partial charge in [-0.05, 0) is 50.0 Å². The van der Waals surface area contributed by atoms with Crippen LogP contribution in [0, 0.1) is 0 Å². The van der Waals surface area contributed by atoms with Gasteiger partial charge >= 0.3 is 0 Å². The zero-order valence-electron chi connectivity index (χ0n) is 11.9. The molecule has 1 atom stereocenters. The minimum Gasteiger partial charge on any atom is -0.337 e. The Kier molecular flexibility index (Phi) is 4.03. The molecule has 1 aromatic rings. The Morgan fingerprint density at radius 3 is 2.75 bits per heavy atom. The molecule has 0 saturated carbocycles. The largest absolute Gasteiger partial charge is 0.337 e. The summed E-state index contributed by atoms with van der Waals surface area (Å²) in [6, 6.07) is 8.22. The van der Waals surface area contributed by atoms with Crippen molar-refractivity contribution in [1.29, 1.82) is 0 Å². The molecule has 0 radical (unpaired) electrons. The highest BCUT2D eigenvalue weighted by atomic mass is 16.2. The van der Waals surface area contributed by atoms with E-state index < -0.39 is 0 Å². The first-order valence-electron chi connectivity index (χ1n) is 7.58. The Morgan fingerprint density at radius 2 is 2.05 bits per heavy atom. The van der Waals surface area contributed by atoms with Gasteiger partial charge in [-0.25, -0.2) is 0 Å². The van der Waals surface area contributed by atoms with E-state index in [2.05, 4.69) is 11.0 Å². The van der Waals surface area contributed by atoms with Crippen molar-refractivity contribution >= 4 is 5.91 Å². The summed E-state index contributed by atoms with van der Waals surface area (Å²) in [4.78, 5) is 16.8. The first-order chi connectivity index (χ1) is 9.72. The molecule has 0 aromatic heterocycles. The molecule has 4 heteroatoms. The Balaban J connectivity index is 1.68. The summed E-state index contributed by atoms with van der Waals surface area (Å²) in [6.07, 6.45) is 3.51. The number of likely N-dealkylation sites (tertiary alicyclic amines) is 2. The zero-order valence-corrected chi connectivity index (χ0v) is 11.9. The third kappa shape index (κ3) is 3.02. The van der Waals surface area contributed by atoms with E-state index in [1.54, 1.807) is 0 Å². The van der Waals surface area contributed by atoms with Gasteiger partial charge in [-0.2, -0.15) is 0 Å². The van der Waals surface area contributed by atoms with Gasteiger partial charge in [0.05, 0.1) is 0 Å². The van der Waals surface area contributed by atoms with Gasteiger partial charge in [0.25, 0.3) is 5.91 Å². The van der Waals surface area contributed by atoms with Crippen LogP contribution in [0.2, 0.25) is 0 Å². The highest BCUT2D eigenvalue weighted by molar-refractivity contribution is 5.94. The molecule has 3 rings (SSSR count). The van der Waals surface area contributed by atoms with E-state index in [9.17, 15) is 4.79 Å². The molecule has 2 aliphatic heterocycles. The van der Waals surface area contributed by atoms with Crippen LogP contribution >= 0.6 is 0 Å². The lowest BCUT2D eigenvalue weighted by atomic mass is 10.1. The fraction of sp³-hybridized carbons (Fsp3) is 0.562. The van der Waals surface area contributed by atoms with Crippen LogP contribution in [0.4, 0.5) is 0 Å². The number of hydrogen-bond donors (Lipinski definition) is 1. The maximum atomic E-state index is 12.4. The quantitative estimate of drug-likeness (QED) is 0.907. The maximum Gasteiger partial charge on any atom is 0.253 e. The van der Waals surface area contributed by atoms with Crippen LogP contribution in [-0.4, -0.2) is 47.9 Å². The summed E-state index contributed by atoms with van der Waals surface area (Å²) in [5, 5.41) is 0. The van der Waals surface area contributed by atoms with E-state index in [4.69, 9.17) is 5.73 Å². The number of hydrogen-bond acceptors (Lipinski definition) is 3. The van der Waals surface area contributed by atoms with Crippen LogP contribution in [-0.2, 0) is 6.54 Å². The Morgan fingerprint density at radius 1 is 1.25 bits per heavy atom. The van der Waals surface area contributed by atoms with Crippen LogP contribution in [0.1, 0.15) is 35.2 Å². The molecule has 4 nitrogen and oxygen atoms in total. The van der Waals surface area contributed by atoms with Gasteiger partial charge in [0.1, 0.15) is 0 Å². The first-order valence-corrected chi connectivity index (χ1v) is 7.58. The summed E-state index contributed by atoms with van der Waals surface area (Å²) in [7, 11) is 0. The van der Waals surface area contributed by atoms with Gasteiger partial charge in [-0.1, -0.05) is 12.1 Å². The van der Waals surface area contributed by atoms with Gasteiger partial charge < -0.3 is 10.6 Å². The van der Waals surface area contributed by atoms with E-state index >= 15 is 0 Å². The second kappa shape index (κ2) is 5.94. The molecule has 20 heavy (non-hydrogen) atoms. The van der Waals surface area contributed by atoms with Crippen molar-refractivity contribution in [2.24, 2.45) is 5.73 Å². The molecule has 2 N–H and O–H groups in total. The third-order valence-electron chi connectivity index (χ3n) is 4.29. The standard InChI is InChI=1S/C16H23N3O/c17-15-6-9-19(12-15)16(20)14-5-3-4-13(10-14)11-18-7-1-2-8-18/h3-5,10,15H,1-2,6-9,11-12,17H2. The van der Waals surface area contributed by atoms with Gasteiger partial charge in [-0.15, -0.1) is 0 Å². The lowest BCUT2D eigenvalue weighted by Crippen LogP contribution is -2.32.